The van der Waals surface area contributed by atoms with Crippen LogP contribution in [0.2, 0.25) is 0 Å². The molecule has 0 aromatic carbocycles. The Hall–Kier alpha value is -1.78. The first-order valence-electron chi connectivity index (χ1n) is 3.58. The van der Waals surface area contributed by atoms with Gasteiger partial charge >= 0.3 is 5.97 Å². The van der Waals surface area contributed by atoms with Crippen LogP contribution >= 0.6 is 0 Å². The predicted octanol–water partition coefficient (Wildman–Crippen LogP) is 0.459. The van der Waals surface area contributed by atoms with Crippen molar-refractivity contribution in [2.75, 3.05) is 20.0 Å². The fraction of sp³-hybridized carbons (Fsp3) is 0.250. The molecule has 0 unspecified atom stereocenters. The van der Waals surface area contributed by atoms with E-state index in [0.29, 0.717) is 5.88 Å². The van der Waals surface area contributed by atoms with Crippen molar-refractivity contribution in [3.63, 3.8) is 0 Å². The summed E-state index contributed by atoms with van der Waals surface area (Å²) in [4.78, 5) is 14.9. The lowest BCUT2D eigenvalue weighted by atomic mass is 10.3. The van der Waals surface area contributed by atoms with E-state index in [1.807, 2.05) is 0 Å². The molecular weight excluding hydrogens is 172 g/mol. The standard InChI is InChI=1S/C8H10N2O3/c1-12-6-4-3-5(9)7(10-6)8(11)13-2/h3-4H,9H2,1-2H3. The monoisotopic (exact) mass is 182 g/mol. The molecule has 0 amide bonds. The number of methoxy groups -OCH3 is 2. The van der Waals surface area contributed by atoms with Gasteiger partial charge in [-0.1, -0.05) is 0 Å². The topological polar surface area (TPSA) is 74.4 Å². The van der Waals surface area contributed by atoms with Gasteiger partial charge in [0.2, 0.25) is 5.88 Å². The van der Waals surface area contributed by atoms with E-state index in [-0.39, 0.29) is 11.4 Å². The van der Waals surface area contributed by atoms with E-state index in [1.54, 1.807) is 6.07 Å². The highest BCUT2D eigenvalue weighted by Crippen LogP contribution is 2.14. The summed E-state index contributed by atoms with van der Waals surface area (Å²) in [5, 5.41) is 0. The minimum Gasteiger partial charge on any atom is -0.481 e. The number of nitrogens with two attached hydrogens (primary N) is 1. The lowest BCUT2D eigenvalue weighted by Gasteiger charge is -2.04. The number of rotatable bonds is 2. The minimum absolute atomic E-state index is 0.0712. The van der Waals surface area contributed by atoms with E-state index in [1.165, 1.54) is 20.3 Å². The number of hydrogen-bond donors (Lipinski definition) is 1. The quantitative estimate of drug-likeness (QED) is 0.672. The fourth-order valence-corrected chi connectivity index (χ4v) is 0.826. The van der Waals surface area contributed by atoms with Gasteiger partial charge in [-0.2, -0.15) is 0 Å². The molecule has 0 aliphatic heterocycles. The van der Waals surface area contributed by atoms with Crippen LogP contribution in [0.5, 0.6) is 5.88 Å². The van der Waals surface area contributed by atoms with Crippen molar-refractivity contribution in [1.82, 2.24) is 4.98 Å². The molecule has 13 heavy (non-hydrogen) atoms. The highest BCUT2D eigenvalue weighted by Gasteiger charge is 2.12. The molecule has 0 fully saturated rings. The number of ether oxygens (including phenoxy) is 2. The number of aromatic nitrogens is 1. The van der Waals surface area contributed by atoms with Gasteiger partial charge in [-0.3, -0.25) is 0 Å². The number of hydrogen-bond acceptors (Lipinski definition) is 5. The molecule has 1 aromatic heterocycles. The second-order valence-corrected chi connectivity index (χ2v) is 2.28. The third kappa shape index (κ3) is 1.87. The molecule has 1 rings (SSSR count). The van der Waals surface area contributed by atoms with Gasteiger partial charge in [-0.05, 0) is 6.07 Å². The molecule has 70 valence electrons. The zero-order valence-electron chi connectivity index (χ0n) is 7.40. The number of esters is 1. The average molecular weight is 182 g/mol. The Balaban J connectivity index is 3.11. The van der Waals surface area contributed by atoms with Crippen molar-refractivity contribution in [1.29, 1.82) is 0 Å². The molecule has 5 heteroatoms. The zero-order valence-corrected chi connectivity index (χ0v) is 7.40. The van der Waals surface area contributed by atoms with Gasteiger partial charge in [-0.25, -0.2) is 9.78 Å². The van der Waals surface area contributed by atoms with Gasteiger partial charge in [-0.15, -0.1) is 0 Å². The average Bonchev–Trinajstić information content (AvgIpc) is 2.17. The minimum atomic E-state index is -0.573. The molecule has 0 saturated carbocycles. The Labute approximate surface area is 75.5 Å². The number of nitrogens with zero attached hydrogens (tertiary/aromatic N) is 1. The first kappa shape index (κ1) is 9.31. The lowest BCUT2D eigenvalue weighted by Crippen LogP contribution is -2.08. The summed E-state index contributed by atoms with van der Waals surface area (Å²) in [7, 11) is 2.72. The van der Waals surface area contributed by atoms with Gasteiger partial charge in [0.1, 0.15) is 0 Å². The summed E-state index contributed by atoms with van der Waals surface area (Å²) in [6.07, 6.45) is 0. The normalized spacial score (nSPS) is 9.38. The summed E-state index contributed by atoms with van der Waals surface area (Å²) in [5.74, 6) is -0.244. The molecule has 0 aliphatic carbocycles. The fourth-order valence-electron chi connectivity index (χ4n) is 0.826. The maximum absolute atomic E-state index is 11.1. The van der Waals surface area contributed by atoms with Crippen molar-refractivity contribution >= 4 is 11.7 Å². The first-order chi connectivity index (χ1) is 6.19. The summed E-state index contributed by atoms with van der Waals surface area (Å²) in [5.41, 5.74) is 5.84. The highest BCUT2D eigenvalue weighted by molar-refractivity contribution is 5.92. The van der Waals surface area contributed by atoms with Crippen molar-refractivity contribution in [3.05, 3.63) is 17.8 Å². The van der Waals surface area contributed by atoms with E-state index in [4.69, 9.17) is 10.5 Å². The smallest absolute Gasteiger partial charge is 0.358 e. The zero-order chi connectivity index (χ0) is 9.84. The van der Waals surface area contributed by atoms with Gasteiger partial charge in [0.15, 0.2) is 5.69 Å². The van der Waals surface area contributed by atoms with Gasteiger partial charge < -0.3 is 15.2 Å². The van der Waals surface area contributed by atoms with E-state index < -0.39 is 5.97 Å². The third-order valence-electron chi connectivity index (χ3n) is 1.49. The molecule has 2 N–H and O–H groups in total. The second-order valence-electron chi connectivity index (χ2n) is 2.28. The number of carbonyl (C=O) groups is 1. The Morgan fingerprint density at radius 2 is 2.15 bits per heavy atom. The molecule has 0 spiro atoms. The van der Waals surface area contributed by atoms with Crippen LogP contribution in [0.25, 0.3) is 0 Å². The molecule has 1 aromatic rings. The van der Waals surface area contributed by atoms with Gasteiger partial charge in [0.25, 0.3) is 0 Å². The Morgan fingerprint density at radius 1 is 1.46 bits per heavy atom. The highest BCUT2D eigenvalue weighted by atomic mass is 16.5. The Kier molecular flexibility index (Phi) is 2.69. The van der Waals surface area contributed by atoms with E-state index in [2.05, 4.69) is 9.72 Å². The molecule has 0 saturated heterocycles. The van der Waals surface area contributed by atoms with Crippen molar-refractivity contribution in [2.45, 2.75) is 0 Å². The van der Waals surface area contributed by atoms with Crippen LogP contribution in [0.1, 0.15) is 10.5 Å². The molecule has 0 atom stereocenters. The van der Waals surface area contributed by atoms with Crippen molar-refractivity contribution < 1.29 is 14.3 Å². The molecule has 1 heterocycles. The van der Waals surface area contributed by atoms with Gasteiger partial charge in [0, 0.05) is 6.07 Å². The van der Waals surface area contributed by atoms with Crippen LogP contribution in [0.15, 0.2) is 12.1 Å². The van der Waals surface area contributed by atoms with Crippen LogP contribution in [0.4, 0.5) is 5.69 Å². The van der Waals surface area contributed by atoms with Crippen LogP contribution in [0.3, 0.4) is 0 Å². The van der Waals surface area contributed by atoms with Crippen molar-refractivity contribution in [2.24, 2.45) is 0 Å². The number of anilines is 1. The summed E-state index contributed by atoms with van der Waals surface area (Å²) in [6, 6.07) is 3.11. The number of pyridine rings is 1. The third-order valence-corrected chi connectivity index (χ3v) is 1.49. The van der Waals surface area contributed by atoms with Crippen LogP contribution in [-0.4, -0.2) is 25.2 Å². The summed E-state index contributed by atoms with van der Waals surface area (Å²) < 4.78 is 9.31. The van der Waals surface area contributed by atoms with Crippen molar-refractivity contribution in [3.8, 4) is 5.88 Å². The maximum Gasteiger partial charge on any atom is 0.358 e. The maximum atomic E-state index is 11.1. The van der Waals surface area contributed by atoms with E-state index >= 15 is 0 Å². The molecule has 0 aliphatic rings. The molecule has 0 bridgehead atoms. The Bertz CT molecular complexity index is 325. The predicted molar refractivity (Wildman–Crippen MR) is 46.5 cm³/mol. The van der Waals surface area contributed by atoms with E-state index in [9.17, 15) is 4.79 Å². The molecular formula is C8H10N2O3. The van der Waals surface area contributed by atoms with Gasteiger partial charge in [0.05, 0.1) is 19.9 Å². The molecule has 0 radical (unpaired) electrons. The number of nitrogen functional groups attached to an aromatic ring is 1. The van der Waals surface area contributed by atoms with Crippen LogP contribution in [-0.2, 0) is 4.74 Å². The summed E-state index contributed by atoms with van der Waals surface area (Å²) in [6.45, 7) is 0. The SMILES string of the molecule is COC(=O)c1nc(OC)ccc1N. The molecule has 5 nitrogen and oxygen atoms in total. The van der Waals surface area contributed by atoms with E-state index in [0.717, 1.165) is 0 Å². The summed E-state index contributed by atoms with van der Waals surface area (Å²) >= 11 is 0. The van der Waals surface area contributed by atoms with Crippen LogP contribution in [0, 0.1) is 0 Å². The number of carbonyl (C=O) groups excluding carboxylic acids is 1. The second kappa shape index (κ2) is 3.75. The Morgan fingerprint density at radius 3 is 2.69 bits per heavy atom. The largest absolute Gasteiger partial charge is 0.481 e. The lowest BCUT2D eigenvalue weighted by molar-refractivity contribution is 0.0594. The van der Waals surface area contributed by atoms with Crippen LogP contribution < -0.4 is 10.5 Å². The first-order valence-corrected chi connectivity index (χ1v) is 3.58.